The van der Waals surface area contributed by atoms with Crippen LogP contribution in [0, 0.1) is 0 Å². The second kappa shape index (κ2) is 6.58. The molecule has 0 fully saturated rings. The standard InChI is InChI=1S/C11H17NO4S/c1-15-5-6-16-7-8-17(13,14)11-4-2-3-10(12)9-11/h2-4,9H,5-8,12H2,1H3. The Bertz CT molecular complexity index is 445. The summed E-state index contributed by atoms with van der Waals surface area (Å²) in [5.74, 6) is -0.0554. The number of ether oxygens (including phenoxy) is 2. The third kappa shape index (κ3) is 4.72. The Kier molecular flexibility index (Phi) is 5.40. The van der Waals surface area contributed by atoms with Crippen molar-refractivity contribution in [2.75, 3.05) is 38.4 Å². The van der Waals surface area contributed by atoms with Gasteiger partial charge in [-0.1, -0.05) is 6.07 Å². The molecule has 1 aromatic rings. The van der Waals surface area contributed by atoms with Crippen LogP contribution in [0.4, 0.5) is 5.69 Å². The molecule has 0 unspecified atom stereocenters. The molecule has 0 bridgehead atoms. The fraction of sp³-hybridized carbons (Fsp3) is 0.455. The van der Waals surface area contributed by atoms with Crippen molar-refractivity contribution < 1.29 is 17.9 Å². The molecule has 5 nitrogen and oxygen atoms in total. The Morgan fingerprint density at radius 1 is 1.24 bits per heavy atom. The van der Waals surface area contributed by atoms with Gasteiger partial charge in [-0.3, -0.25) is 0 Å². The summed E-state index contributed by atoms with van der Waals surface area (Å²) in [6.45, 7) is 1.00. The first-order chi connectivity index (χ1) is 8.06. The minimum absolute atomic E-state index is 0.0554. The zero-order chi connectivity index (χ0) is 12.7. The third-order valence-electron chi connectivity index (χ3n) is 2.15. The summed E-state index contributed by atoms with van der Waals surface area (Å²) < 4.78 is 33.6. The van der Waals surface area contributed by atoms with Gasteiger partial charge in [-0.2, -0.15) is 0 Å². The Balaban J connectivity index is 2.51. The van der Waals surface area contributed by atoms with Crippen LogP contribution < -0.4 is 5.73 Å². The lowest BCUT2D eigenvalue weighted by molar-refractivity contribution is 0.0785. The predicted molar refractivity (Wildman–Crippen MR) is 65.6 cm³/mol. The zero-order valence-electron chi connectivity index (χ0n) is 9.76. The molecular weight excluding hydrogens is 242 g/mol. The summed E-state index contributed by atoms with van der Waals surface area (Å²) >= 11 is 0. The highest BCUT2D eigenvalue weighted by Crippen LogP contribution is 2.14. The average Bonchev–Trinajstić information content (AvgIpc) is 2.29. The van der Waals surface area contributed by atoms with E-state index in [1.807, 2.05) is 0 Å². The highest BCUT2D eigenvalue weighted by Gasteiger charge is 2.14. The van der Waals surface area contributed by atoms with Crippen LogP contribution in [0.15, 0.2) is 29.2 Å². The Morgan fingerprint density at radius 2 is 2.00 bits per heavy atom. The van der Waals surface area contributed by atoms with Gasteiger partial charge in [-0.15, -0.1) is 0 Å². The Morgan fingerprint density at radius 3 is 2.65 bits per heavy atom. The molecule has 0 aliphatic carbocycles. The van der Waals surface area contributed by atoms with Crippen molar-refractivity contribution >= 4 is 15.5 Å². The van der Waals surface area contributed by atoms with E-state index in [4.69, 9.17) is 15.2 Å². The van der Waals surface area contributed by atoms with Gasteiger partial charge in [-0.25, -0.2) is 8.42 Å². The van der Waals surface area contributed by atoms with Crippen molar-refractivity contribution in [3.05, 3.63) is 24.3 Å². The molecule has 17 heavy (non-hydrogen) atoms. The molecule has 6 heteroatoms. The van der Waals surface area contributed by atoms with E-state index in [9.17, 15) is 8.42 Å². The predicted octanol–water partition coefficient (Wildman–Crippen LogP) is 0.706. The van der Waals surface area contributed by atoms with E-state index < -0.39 is 9.84 Å². The maximum Gasteiger partial charge on any atom is 0.180 e. The second-order valence-corrected chi connectivity index (χ2v) is 5.61. The molecule has 0 amide bonds. The number of hydrogen-bond donors (Lipinski definition) is 1. The molecule has 0 aliphatic heterocycles. The SMILES string of the molecule is COCCOCCS(=O)(=O)c1cccc(N)c1. The largest absolute Gasteiger partial charge is 0.399 e. The molecule has 0 aliphatic rings. The van der Waals surface area contributed by atoms with Gasteiger partial charge in [-0.05, 0) is 18.2 Å². The van der Waals surface area contributed by atoms with Gasteiger partial charge >= 0.3 is 0 Å². The van der Waals surface area contributed by atoms with Crippen molar-refractivity contribution in [1.29, 1.82) is 0 Å². The lowest BCUT2D eigenvalue weighted by atomic mass is 10.3. The first-order valence-electron chi connectivity index (χ1n) is 5.21. The number of hydrogen-bond acceptors (Lipinski definition) is 5. The number of sulfone groups is 1. The fourth-order valence-electron chi connectivity index (χ4n) is 1.24. The molecule has 0 saturated heterocycles. The van der Waals surface area contributed by atoms with Gasteiger partial charge in [0.05, 0.1) is 30.5 Å². The number of nitrogens with two attached hydrogens (primary N) is 1. The van der Waals surface area contributed by atoms with Crippen LogP contribution in [-0.4, -0.2) is 41.1 Å². The third-order valence-corrected chi connectivity index (χ3v) is 3.82. The van der Waals surface area contributed by atoms with E-state index >= 15 is 0 Å². The summed E-state index contributed by atoms with van der Waals surface area (Å²) in [6.07, 6.45) is 0. The van der Waals surface area contributed by atoms with Crippen molar-refractivity contribution in [2.45, 2.75) is 4.90 Å². The number of benzene rings is 1. The van der Waals surface area contributed by atoms with Crippen LogP contribution in [0.2, 0.25) is 0 Å². The van der Waals surface area contributed by atoms with Crippen molar-refractivity contribution in [2.24, 2.45) is 0 Å². The second-order valence-electron chi connectivity index (χ2n) is 3.50. The number of anilines is 1. The maximum atomic E-state index is 11.9. The summed E-state index contributed by atoms with van der Waals surface area (Å²) in [4.78, 5) is 0.229. The summed E-state index contributed by atoms with van der Waals surface area (Å²) in [7, 11) is -1.75. The van der Waals surface area contributed by atoms with Crippen LogP contribution in [0.3, 0.4) is 0 Å². The minimum Gasteiger partial charge on any atom is -0.399 e. The van der Waals surface area contributed by atoms with Crippen LogP contribution in [0.1, 0.15) is 0 Å². The quantitative estimate of drug-likeness (QED) is 0.576. The summed E-state index contributed by atoms with van der Waals surface area (Å²) in [5, 5.41) is 0. The normalized spacial score (nSPS) is 11.6. The minimum atomic E-state index is -3.32. The Labute approximate surface area is 101 Å². The topological polar surface area (TPSA) is 78.6 Å². The van der Waals surface area contributed by atoms with E-state index in [1.54, 1.807) is 19.2 Å². The lowest BCUT2D eigenvalue weighted by Crippen LogP contribution is -2.14. The fourth-order valence-corrected chi connectivity index (χ4v) is 2.41. The van der Waals surface area contributed by atoms with Gasteiger partial charge < -0.3 is 15.2 Å². The van der Waals surface area contributed by atoms with Gasteiger partial charge in [0.25, 0.3) is 0 Å². The molecule has 0 atom stereocenters. The van der Waals surface area contributed by atoms with Gasteiger partial charge in [0.15, 0.2) is 9.84 Å². The Hall–Kier alpha value is -1.11. The first kappa shape index (κ1) is 14.0. The number of nitrogen functional groups attached to an aromatic ring is 1. The van der Waals surface area contributed by atoms with E-state index in [0.717, 1.165) is 0 Å². The average molecular weight is 259 g/mol. The van der Waals surface area contributed by atoms with Crippen LogP contribution in [0.25, 0.3) is 0 Å². The zero-order valence-corrected chi connectivity index (χ0v) is 10.6. The highest BCUT2D eigenvalue weighted by atomic mass is 32.2. The molecular formula is C11H17NO4S. The monoisotopic (exact) mass is 259 g/mol. The van der Waals surface area contributed by atoms with E-state index in [0.29, 0.717) is 18.9 Å². The number of methoxy groups -OCH3 is 1. The number of rotatable bonds is 7. The maximum absolute atomic E-state index is 11.9. The van der Waals surface area contributed by atoms with Crippen molar-refractivity contribution in [1.82, 2.24) is 0 Å². The molecule has 0 heterocycles. The molecule has 0 saturated carbocycles. The van der Waals surface area contributed by atoms with E-state index in [2.05, 4.69) is 0 Å². The molecule has 0 aromatic heterocycles. The van der Waals surface area contributed by atoms with Crippen LogP contribution >= 0.6 is 0 Å². The van der Waals surface area contributed by atoms with Gasteiger partial charge in [0.1, 0.15) is 0 Å². The molecule has 1 rings (SSSR count). The lowest BCUT2D eigenvalue weighted by Gasteiger charge is -2.06. The molecule has 2 N–H and O–H groups in total. The summed E-state index contributed by atoms with van der Waals surface area (Å²) in [6, 6.07) is 6.24. The molecule has 1 aromatic carbocycles. The van der Waals surface area contributed by atoms with E-state index in [-0.39, 0.29) is 17.3 Å². The highest BCUT2D eigenvalue weighted by molar-refractivity contribution is 7.91. The molecule has 0 spiro atoms. The van der Waals surface area contributed by atoms with Crippen LogP contribution in [0.5, 0.6) is 0 Å². The van der Waals surface area contributed by atoms with Crippen molar-refractivity contribution in [3.8, 4) is 0 Å². The molecule has 96 valence electrons. The smallest absolute Gasteiger partial charge is 0.180 e. The summed E-state index contributed by atoms with van der Waals surface area (Å²) in [5.41, 5.74) is 5.97. The first-order valence-corrected chi connectivity index (χ1v) is 6.86. The van der Waals surface area contributed by atoms with E-state index in [1.165, 1.54) is 12.1 Å². The van der Waals surface area contributed by atoms with Crippen LogP contribution in [-0.2, 0) is 19.3 Å². The van der Waals surface area contributed by atoms with Crippen molar-refractivity contribution in [3.63, 3.8) is 0 Å². The van der Waals surface area contributed by atoms with Gasteiger partial charge in [0, 0.05) is 12.8 Å². The van der Waals surface area contributed by atoms with Gasteiger partial charge in [0.2, 0.25) is 0 Å². The molecule has 0 radical (unpaired) electrons.